The van der Waals surface area contributed by atoms with Crippen LogP contribution in [0.5, 0.6) is 0 Å². The summed E-state index contributed by atoms with van der Waals surface area (Å²) in [7, 11) is 0. The summed E-state index contributed by atoms with van der Waals surface area (Å²) < 4.78 is 5.54. The zero-order chi connectivity index (χ0) is 18.7. The Balaban J connectivity index is 2.29. The number of hydrogen-bond acceptors (Lipinski definition) is 3. The van der Waals surface area contributed by atoms with Gasteiger partial charge in [0.1, 0.15) is 5.60 Å². The summed E-state index contributed by atoms with van der Waals surface area (Å²) in [4.78, 5) is 14.3. The Morgan fingerprint density at radius 3 is 2.64 bits per heavy atom. The third-order valence-corrected chi connectivity index (χ3v) is 5.31. The number of likely N-dealkylation sites (tertiary alicyclic amines) is 1. The number of rotatable bonds is 4. The van der Waals surface area contributed by atoms with Crippen molar-refractivity contribution >= 4 is 29.3 Å². The van der Waals surface area contributed by atoms with Crippen molar-refractivity contribution in [3.63, 3.8) is 0 Å². The molecule has 2 rings (SSSR count). The van der Waals surface area contributed by atoms with Crippen LogP contribution in [-0.4, -0.2) is 41.4 Å². The lowest BCUT2D eigenvalue weighted by atomic mass is 9.71. The van der Waals surface area contributed by atoms with Gasteiger partial charge in [-0.25, -0.2) is 4.79 Å². The summed E-state index contributed by atoms with van der Waals surface area (Å²) in [6.45, 7) is 6.96. The molecule has 1 atom stereocenters. The third kappa shape index (κ3) is 5.25. The summed E-state index contributed by atoms with van der Waals surface area (Å²) in [6.07, 6.45) is 2.97. The first-order valence-corrected chi connectivity index (χ1v) is 9.47. The van der Waals surface area contributed by atoms with Gasteiger partial charge in [-0.3, -0.25) is 0 Å². The van der Waals surface area contributed by atoms with E-state index in [1.165, 1.54) is 0 Å². The van der Waals surface area contributed by atoms with E-state index in [9.17, 15) is 9.90 Å². The zero-order valence-electron chi connectivity index (χ0n) is 15.1. The van der Waals surface area contributed by atoms with Gasteiger partial charge in [0, 0.05) is 25.1 Å². The second-order valence-electron chi connectivity index (χ2n) is 7.74. The minimum Gasteiger partial charge on any atom is -0.444 e. The lowest BCUT2D eigenvalue weighted by Gasteiger charge is -2.43. The Hall–Kier alpha value is -0.970. The number of carbonyl (C=O) groups is 1. The van der Waals surface area contributed by atoms with Crippen LogP contribution in [0.15, 0.2) is 18.2 Å². The Bertz CT molecular complexity index is 615. The molecule has 1 amide bonds. The van der Waals surface area contributed by atoms with E-state index in [0.717, 1.165) is 24.8 Å². The van der Waals surface area contributed by atoms with Gasteiger partial charge in [0.15, 0.2) is 0 Å². The molecule has 0 aliphatic carbocycles. The first kappa shape index (κ1) is 20.3. The van der Waals surface area contributed by atoms with Gasteiger partial charge in [-0.05, 0) is 64.2 Å². The van der Waals surface area contributed by atoms with Crippen LogP contribution < -0.4 is 0 Å². The van der Waals surface area contributed by atoms with Crippen LogP contribution in [0.3, 0.4) is 0 Å². The van der Waals surface area contributed by atoms with Gasteiger partial charge < -0.3 is 14.7 Å². The van der Waals surface area contributed by atoms with Crippen molar-refractivity contribution < 1.29 is 14.6 Å². The predicted molar refractivity (Wildman–Crippen MR) is 102 cm³/mol. The van der Waals surface area contributed by atoms with Gasteiger partial charge in [-0.1, -0.05) is 29.3 Å². The average molecular weight is 388 g/mol. The molecule has 140 valence electrons. The van der Waals surface area contributed by atoms with E-state index in [1.54, 1.807) is 11.0 Å². The maximum atomic E-state index is 12.5. The van der Waals surface area contributed by atoms with Gasteiger partial charge in [0.05, 0.1) is 10.0 Å². The van der Waals surface area contributed by atoms with Crippen molar-refractivity contribution in [1.29, 1.82) is 0 Å². The molecular weight excluding hydrogens is 361 g/mol. The largest absolute Gasteiger partial charge is 0.444 e. The molecule has 1 aromatic rings. The third-order valence-electron chi connectivity index (χ3n) is 4.57. The highest BCUT2D eigenvalue weighted by Crippen LogP contribution is 2.40. The lowest BCUT2D eigenvalue weighted by Crippen LogP contribution is -2.50. The van der Waals surface area contributed by atoms with E-state index in [4.69, 9.17) is 27.9 Å². The van der Waals surface area contributed by atoms with Crippen molar-refractivity contribution in [2.75, 3.05) is 19.7 Å². The molecule has 4 nitrogen and oxygen atoms in total. The zero-order valence-corrected chi connectivity index (χ0v) is 16.7. The molecule has 0 radical (unpaired) electrons. The summed E-state index contributed by atoms with van der Waals surface area (Å²) in [5.74, 6) is 0. The van der Waals surface area contributed by atoms with Crippen LogP contribution >= 0.6 is 23.2 Å². The number of ether oxygens (including phenoxy) is 1. The Labute approximate surface area is 160 Å². The second kappa shape index (κ2) is 8.15. The van der Waals surface area contributed by atoms with Gasteiger partial charge in [0.25, 0.3) is 0 Å². The molecule has 25 heavy (non-hydrogen) atoms. The monoisotopic (exact) mass is 387 g/mol. The normalized spacial score (nSPS) is 21.3. The Morgan fingerprint density at radius 2 is 2.04 bits per heavy atom. The lowest BCUT2D eigenvalue weighted by molar-refractivity contribution is 0.0122. The number of piperidine rings is 1. The van der Waals surface area contributed by atoms with Crippen LogP contribution in [0.4, 0.5) is 4.79 Å². The average Bonchev–Trinajstić information content (AvgIpc) is 2.54. The summed E-state index contributed by atoms with van der Waals surface area (Å²) >= 11 is 12.3. The van der Waals surface area contributed by atoms with Crippen molar-refractivity contribution in [2.45, 2.75) is 57.5 Å². The minimum absolute atomic E-state index is 0.121. The number of nitrogens with zero attached hydrogens (tertiary/aromatic N) is 1. The van der Waals surface area contributed by atoms with Crippen molar-refractivity contribution in [2.24, 2.45) is 0 Å². The van der Waals surface area contributed by atoms with Crippen LogP contribution in [0.1, 0.15) is 52.0 Å². The fourth-order valence-corrected chi connectivity index (χ4v) is 3.74. The van der Waals surface area contributed by atoms with E-state index in [1.807, 2.05) is 32.9 Å². The highest BCUT2D eigenvalue weighted by molar-refractivity contribution is 6.42. The van der Waals surface area contributed by atoms with E-state index < -0.39 is 5.60 Å². The molecule has 1 fully saturated rings. The van der Waals surface area contributed by atoms with Gasteiger partial charge in [-0.2, -0.15) is 0 Å². The second-order valence-corrected chi connectivity index (χ2v) is 8.56. The molecule has 1 aliphatic rings. The van der Waals surface area contributed by atoms with E-state index in [2.05, 4.69) is 0 Å². The first-order valence-electron chi connectivity index (χ1n) is 8.71. The van der Waals surface area contributed by atoms with Crippen molar-refractivity contribution in [3.8, 4) is 0 Å². The van der Waals surface area contributed by atoms with E-state index in [-0.39, 0.29) is 18.1 Å². The Morgan fingerprint density at radius 1 is 1.32 bits per heavy atom. The van der Waals surface area contributed by atoms with Crippen LogP contribution in [0.25, 0.3) is 0 Å². The van der Waals surface area contributed by atoms with E-state index in [0.29, 0.717) is 29.6 Å². The number of hydrogen-bond donors (Lipinski definition) is 1. The van der Waals surface area contributed by atoms with Crippen LogP contribution in [-0.2, 0) is 10.2 Å². The predicted octanol–water partition coefficient (Wildman–Crippen LogP) is 5.03. The number of carbonyl (C=O) groups excluding carboxylic acids is 1. The minimum atomic E-state index is -0.522. The highest BCUT2D eigenvalue weighted by atomic mass is 35.5. The Kier molecular flexibility index (Phi) is 6.63. The topological polar surface area (TPSA) is 49.8 Å². The molecule has 0 bridgehead atoms. The maximum absolute atomic E-state index is 12.5. The maximum Gasteiger partial charge on any atom is 0.410 e. The quantitative estimate of drug-likeness (QED) is 0.787. The highest BCUT2D eigenvalue weighted by Gasteiger charge is 2.39. The summed E-state index contributed by atoms with van der Waals surface area (Å²) in [5, 5.41) is 10.4. The molecule has 0 aromatic heterocycles. The van der Waals surface area contributed by atoms with Crippen molar-refractivity contribution in [3.05, 3.63) is 33.8 Å². The number of halogens is 2. The fourth-order valence-electron chi connectivity index (χ4n) is 3.44. The molecule has 6 heteroatoms. The van der Waals surface area contributed by atoms with Gasteiger partial charge in [0.2, 0.25) is 0 Å². The number of aliphatic hydroxyl groups is 1. The van der Waals surface area contributed by atoms with Crippen LogP contribution in [0, 0.1) is 0 Å². The summed E-state index contributed by atoms with van der Waals surface area (Å²) in [6, 6.07) is 5.66. The molecule has 0 spiro atoms. The molecular formula is C19H27Cl2NO3. The standard InChI is InChI=1S/C19H27Cl2NO3/c1-18(2,3)25-17(24)22-10-4-8-19(13-22,9-5-11-23)14-6-7-15(20)16(21)12-14/h6-7,12,23H,4-5,8-11,13H2,1-3H3. The molecule has 1 saturated heterocycles. The van der Waals surface area contributed by atoms with Gasteiger partial charge in [-0.15, -0.1) is 0 Å². The number of benzene rings is 1. The molecule has 1 aromatic carbocycles. The molecule has 1 heterocycles. The first-order chi connectivity index (χ1) is 11.7. The number of amides is 1. The smallest absolute Gasteiger partial charge is 0.410 e. The molecule has 1 N–H and O–H groups in total. The van der Waals surface area contributed by atoms with Gasteiger partial charge >= 0.3 is 6.09 Å². The molecule has 1 unspecified atom stereocenters. The molecule has 1 aliphatic heterocycles. The summed E-state index contributed by atoms with van der Waals surface area (Å²) in [5.41, 5.74) is 0.293. The number of aliphatic hydroxyl groups excluding tert-OH is 1. The van der Waals surface area contributed by atoms with E-state index >= 15 is 0 Å². The molecule has 0 saturated carbocycles. The van der Waals surface area contributed by atoms with Crippen molar-refractivity contribution in [1.82, 2.24) is 4.90 Å². The van der Waals surface area contributed by atoms with Crippen LogP contribution in [0.2, 0.25) is 10.0 Å². The SMILES string of the molecule is CC(C)(C)OC(=O)N1CCCC(CCCO)(c2ccc(Cl)c(Cl)c2)C1. The fraction of sp³-hybridized carbons (Fsp3) is 0.632.